The molecule has 0 bridgehead atoms. The fourth-order valence-electron chi connectivity index (χ4n) is 1.85. The van der Waals surface area contributed by atoms with Gasteiger partial charge in [0, 0.05) is 11.4 Å². The van der Waals surface area contributed by atoms with Crippen LogP contribution in [0.15, 0.2) is 24.3 Å². The summed E-state index contributed by atoms with van der Waals surface area (Å²) >= 11 is 0. The molecule has 0 aromatic heterocycles. The van der Waals surface area contributed by atoms with Gasteiger partial charge >= 0.3 is 23.9 Å². The van der Waals surface area contributed by atoms with E-state index >= 15 is 0 Å². The van der Waals surface area contributed by atoms with Crippen molar-refractivity contribution in [2.75, 3.05) is 10.6 Å². The Labute approximate surface area is 135 Å². The lowest BCUT2D eigenvalue weighted by Gasteiger charge is -2.17. The van der Waals surface area contributed by atoms with Crippen molar-refractivity contribution >= 4 is 35.3 Å². The predicted molar refractivity (Wildman–Crippen MR) is 81.0 cm³/mol. The second kappa shape index (κ2) is 8.36. The van der Waals surface area contributed by atoms with Gasteiger partial charge in [-0.3, -0.25) is 9.59 Å². The van der Waals surface area contributed by atoms with Crippen LogP contribution in [0.1, 0.15) is 12.8 Å². The molecule has 0 fully saturated rings. The molecule has 0 aliphatic heterocycles. The summed E-state index contributed by atoms with van der Waals surface area (Å²) < 4.78 is 0. The summed E-state index contributed by atoms with van der Waals surface area (Å²) in [5.41, 5.74) is 0.487. The van der Waals surface area contributed by atoms with Crippen molar-refractivity contribution in [1.29, 1.82) is 0 Å². The second-order valence-electron chi connectivity index (χ2n) is 4.85. The molecule has 0 heterocycles. The molecule has 0 radical (unpaired) electrons. The highest BCUT2D eigenvalue weighted by atomic mass is 16.4. The molecule has 130 valence electrons. The zero-order valence-corrected chi connectivity index (χ0v) is 12.3. The third kappa shape index (κ3) is 6.22. The van der Waals surface area contributed by atoms with E-state index in [4.69, 9.17) is 20.4 Å². The molecule has 2 atom stereocenters. The summed E-state index contributed by atoms with van der Waals surface area (Å²) in [5.74, 6) is -5.30. The molecule has 0 aliphatic carbocycles. The van der Waals surface area contributed by atoms with Crippen LogP contribution >= 0.6 is 0 Å². The number of carbonyl (C=O) groups is 4. The minimum atomic E-state index is -1.37. The van der Waals surface area contributed by atoms with Crippen molar-refractivity contribution in [3.63, 3.8) is 0 Å². The number of hydrogen-bond donors (Lipinski definition) is 6. The number of rotatable bonds is 10. The largest absolute Gasteiger partial charge is 0.481 e. The van der Waals surface area contributed by atoms with Crippen LogP contribution in [0.25, 0.3) is 0 Å². The van der Waals surface area contributed by atoms with Crippen molar-refractivity contribution in [2.45, 2.75) is 24.9 Å². The quantitative estimate of drug-likeness (QED) is 0.349. The van der Waals surface area contributed by atoms with E-state index in [1.165, 1.54) is 24.3 Å². The van der Waals surface area contributed by atoms with E-state index in [1.807, 2.05) is 0 Å². The van der Waals surface area contributed by atoms with Crippen LogP contribution in [0.5, 0.6) is 0 Å². The molecule has 0 saturated carbocycles. The Morgan fingerprint density at radius 2 is 1.17 bits per heavy atom. The van der Waals surface area contributed by atoms with Gasteiger partial charge in [-0.2, -0.15) is 0 Å². The second-order valence-corrected chi connectivity index (χ2v) is 4.85. The van der Waals surface area contributed by atoms with E-state index < -0.39 is 48.8 Å². The maximum Gasteiger partial charge on any atom is 0.326 e. The van der Waals surface area contributed by atoms with Crippen molar-refractivity contribution in [1.82, 2.24) is 0 Å². The molecule has 0 aliphatic rings. The molecule has 0 amide bonds. The lowest BCUT2D eigenvalue weighted by atomic mass is 10.1. The first kappa shape index (κ1) is 18.7. The van der Waals surface area contributed by atoms with E-state index in [2.05, 4.69) is 10.6 Å². The van der Waals surface area contributed by atoms with Gasteiger partial charge in [-0.05, 0) is 18.2 Å². The van der Waals surface area contributed by atoms with Crippen molar-refractivity contribution in [3.05, 3.63) is 24.3 Å². The zero-order chi connectivity index (χ0) is 18.3. The number of carboxylic acid groups (broad SMARTS) is 4. The molecule has 0 unspecified atom stereocenters. The molecular formula is C14H16N2O8. The van der Waals surface area contributed by atoms with Crippen LogP contribution in [0, 0.1) is 0 Å². The summed E-state index contributed by atoms with van der Waals surface area (Å²) in [5, 5.41) is 40.4. The number of benzene rings is 1. The summed E-state index contributed by atoms with van der Waals surface area (Å²) in [6, 6.07) is 3.03. The summed E-state index contributed by atoms with van der Waals surface area (Å²) in [7, 11) is 0. The first-order valence-corrected chi connectivity index (χ1v) is 6.71. The van der Waals surface area contributed by atoms with Gasteiger partial charge in [0.05, 0.1) is 12.8 Å². The van der Waals surface area contributed by atoms with Gasteiger partial charge in [0.2, 0.25) is 0 Å². The van der Waals surface area contributed by atoms with Gasteiger partial charge in [0.1, 0.15) is 12.1 Å². The SMILES string of the molecule is O=C(O)C[C@H](Nc1cccc(N[C@@H](CC(=O)O)C(=O)O)c1)C(=O)O. The smallest absolute Gasteiger partial charge is 0.326 e. The fraction of sp³-hybridized carbons (Fsp3) is 0.286. The highest BCUT2D eigenvalue weighted by molar-refractivity contribution is 5.85. The molecule has 6 N–H and O–H groups in total. The van der Waals surface area contributed by atoms with E-state index in [9.17, 15) is 19.2 Å². The lowest BCUT2D eigenvalue weighted by molar-refractivity contribution is -0.144. The summed E-state index contributed by atoms with van der Waals surface area (Å²) in [6.07, 6.45) is -1.30. The average molecular weight is 340 g/mol. The van der Waals surface area contributed by atoms with Crippen LogP contribution in [0.2, 0.25) is 0 Å². The number of nitrogens with one attached hydrogen (secondary N) is 2. The van der Waals surface area contributed by atoms with E-state index in [1.54, 1.807) is 0 Å². The normalized spacial score (nSPS) is 12.7. The highest BCUT2D eigenvalue weighted by Gasteiger charge is 2.22. The molecule has 0 spiro atoms. The Kier molecular flexibility index (Phi) is 6.53. The monoisotopic (exact) mass is 340 g/mol. The zero-order valence-electron chi connectivity index (χ0n) is 12.3. The van der Waals surface area contributed by atoms with E-state index in [-0.39, 0.29) is 11.4 Å². The summed E-state index contributed by atoms with van der Waals surface area (Å²) in [6.45, 7) is 0. The topological polar surface area (TPSA) is 173 Å². The number of carboxylic acids is 4. The van der Waals surface area contributed by atoms with Gasteiger partial charge < -0.3 is 31.1 Å². The third-order valence-electron chi connectivity index (χ3n) is 2.90. The van der Waals surface area contributed by atoms with Gasteiger partial charge in [-0.1, -0.05) is 6.07 Å². The van der Waals surface area contributed by atoms with Gasteiger partial charge in [-0.25, -0.2) is 9.59 Å². The fourth-order valence-corrected chi connectivity index (χ4v) is 1.85. The summed E-state index contributed by atoms with van der Waals surface area (Å²) in [4.78, 5) is 43.4. The highest BCUT2D eigenvalue weighted by Crippen LogP contribution is 2.18. The Hall–Kier alpha value is -3.30. The van der Waals surface area contributed by atoms with Crippen LogP contribution in [0.3, 0.4) is 0 Å². The first-order valence-electron chi connectivity index (χ1n) is 6.71. The predicted octanol–water partition coefficient (Wildman–Crippen LogP) is 0.366. The number of aliphatic carboxylic acids is 4. The van der Waals surface area contributed by atoms with Crippen LogP contribution < -0.4 is 10.6 Å². The van der Waals surface area contributed by atoms with Gasteiger partial charge in [-0.15, -0.1) is 0 Å². The van der Waals surface area contributed by atoms with E-state index in [0.717, 1.165) is 0 Å². The average Bonchev–Trinajstić information content (AvgIpc) is 2.45. The van der Waals surface area contributed by atoms with Crippen LogP contribution in [-0.4, -0.2) is 56.4 Å². The van der Waals surface area contributed by atoms with Crippen molar-refractivity contribution < 1.29 is 39.6 Å². The minimum Gasteiger partial charge on any atom is -0.481 e. The Morgan fingerprint density at radius 3 is 1.46 bits per heavy atom. The van der Waals surface area contributed by atoms with Crippen molar-refractivity contribution in [3.8, 4) is 0 Å². The molecule has 10 nitrogen and oxygen atoms in total. The molecule has 1 aromatic carbocycles. The Bertz CT molecular complexity index is 594. The molecule has 1 rings (SSSR count). The molecular weight excluding hydrogens is 324 g/mol. The first-order chi connectivity index (χ1) is 11.2. The molecule has 10 heteroatoms. The lowest BCUT2D eigenvalue weighted by Crippen LogP contribution is -2.32. The maximum absolute atomic E-state index is 11.0. The molecule has 0 saturated heterocycles. The van der Waals surface area contributed by atoms with Gasteiger partial charge in [0.15, 0.2) is 0 Å². The Balaban J connectivity index is 2.88. The third-order valence-corrected chi connectivity index (χ3v) is 2.90. The molecule has 24 heavy (non-hydrogen) atoms. The van der Waals surface area contributed by atoms with Crippen LogP contribution in [-0.2, 0) is 19.2 Å². The number of anilines is 2. The van der Waals surface area contributed by atoms with Crippen molar-refractivity contribution in [2.24, 2.45) is 0 Å². The number of hydrogen-bond acceptors (Lipinski definition) is 6. The standard InChI is InChI=1S/C14H16N2O8/c17-11(18)5-9(13(21)22)15-7-2-1-3-8(4-7)16-10(14(23)24)6-12(19)20/h1-4,9-10,15-16H,5-6H2,(H,17,18)(H,19,20)(H,21,22)(H,23,24)/t9-,10-/m0/s1. The van der Waals surface area contributed by atoms with Crippen LogP contribution in [0.4, 0.5) is 11.4 Å². The minimum absolute atomic E-state index is 0.244. The van der Waals surface area contributed by atoms with E-state index in [0.29, 0.717) is 0 Å². The maximum atomic E-state index is 11.0. The Morgan fingerprint density at radius 1 is 0.792 bits per heavy atom. The van der Waals surface area contributed by atoms with Gasteiger partial charge in [0.25, 0.3) is 0 Å². The molecule has 1 aromatic rings.